The van der Waals surface area contributed by atoms with Crippen molar-refractivity contribution < 1.29 is 9.13 Å². The van der Waals surface area contributed by atoms with Gasteiger partial charge in [0.2, 0.25) is 0 Å². The van der Waals surface area contributed by atoms with Crippen LogP contribution in [0.5, 0.6) is 5.75 Å². The van der Waals surface area contributed by atoms with Gasteiger partial charge in [0.15, 0.2) is 0 Å². The average molecular weight is 220 g/mol. The Morgan fingerprint density at radius 1 is 1.38 bits per heavy atom. The van der Waals surface area contributed by atoms with E-state index < -0.39 is 0 Å². The molecule has 0 N–H and O–H groups in total. The second-order valence-electron chi connectivity index (χ2n) is 5.55. The molecule has 1 fully saturated rings. The van der Waals surface area contributed by atoms with E-state index in [-0.39, 0.29) is 5.82 Å². The third-order valence-corrected chi connectivity index (χ3v) is 4.04. The van der Waals surface area contributed by atoms with Crippen LogP contribution in [0, 0.1) is 17.2 Å². The van der Waals surface area contributed by atoms with Gasteiger partial charge in [0.25, 0.3) is 0 Å². The lowest BCUT2D eigenvalue weighted by Crippen LogP contribution is -2.30. The van der Waals surface area contributed by atoms with Gasteiger partial charge in [-0.15, -0.1) is 0 Å². The Hall–Kier alpha value is -1.05. The number of halogens is 1. The Balaban J connectivity index is 2.10. The number of benzene rings is 1. The van der Waals surface area contributed by atoms with E-state index in [0.717, 1.165) is 17.9 Å². The molecule has 1 spiro atoms. The van der Waals surface area contributed by atoms with Crippen LogP contribution in [0.15, 0.2) is 18.2 Å². The average Bonchev–Trinajstić information content (AvgIpc) is 2.97. The summed E-state index contributed by atoms with van der Waals surface area (Å²) in [5.74, 6) is 1.75. The summed E-state index contributed by atoms with van der Waals surface area (Å²) in [7, 11) is 0. The summed E-state index contributed by atoms with van der Waals surface area (Å²) >= 11 is 0. The lowest BCUT2D eigenvalue weighted by molar-refractivity contribution is 0.152. The normalized spacial score (nSPS) is 25.4. The van der Waals surface area contributed by atoms with Crippen LogP contribution >= 0.6 is 0 Å². The van der Waals surface area contributed by atoms with Crippen molar-refractivity contribution in [2.24, 2.45) is 11.3 Å². The van der Waals surface area contributed by atoms with Gasteiger partial charge in [-0.2, -0.15) is 0 Å². The van der Waals surface area contributed by atoms with Crippen molar-refractivity contribution >= 4 is 0 Å². The molecule has 16 heavy (non-hydrogen) atoms. The SMILES string of the molecule is CC(C)C1c2cc(F)ccc2OCC12CC2. The van der Waals surface area contributed by atoms with Crippen LogP contribution in [0.4, 0.5) is 4.39 Å². The molecule has 1 unspecified atom stereocenters. The first-order valence-corrected chi connectivity index (χ1v) is 6.05. The highest BCUT2D eigenvalue weighted by atomic mass is 19.1. The van der Waals surface area contributed by atoms with E-state index in [4.69, 9.17) is 4.74 Å². The Bertz CT molecular complexity index is 421. The van der Waals surface area contributed by atoms with Gasteiger partial charge in [-0.25, -0.2) is 4.39 Å². The molecule has 0 saturated heterocycles. The molecule has 2 heteroatoms. The third-order valence-electron chi connectivity index (χ3n) is 4.04. The summed E-state index contributed by atoms with van der Waals surface area (Å²) in [4.78, 5) is 0. The minimum atomic E-state index is -0.147. The van der Waals surface area contributed by atoms with Crippen molar-refractivity contribution in [2.75, 3.05) is 6.61 Å². The maximum atomic E-state index is 13.3. The predicted molar refractivity (Wildman–Crippen MR) is 61.1 cm³/mol. The van der Waals surface area contributed by atoms with E-state index in [1.807, 2.05) is 0 Å². The number of fused-ring (bicyclic) bond motifs is 1. The third kappa shape index (κ3) is 1.35. The fourth-order valence-electron chi connectivity index (χ4n) is 3.22. The summed E-state index contributed by atoms with van der Waals surface area (Å²) in [6, 6.07) is 4.93. The molecule has 0 amide bonds. The minimum absolute atomic E-state index is 0.147. The number of rotatable bonds is 1. The second kappa shape index (κ2) is 3.22. The van der Waals surface area contributed by atoms with Gasteiger partial charge in [-0.05, 0) is 42.9 Å². The second-order valence-corrected chi connectivity index (χ2v) is 5.55. The first kappa shape index (κ1) is 10.1. The highest BCUT2D eigenvalue weighted by Crippen LogP contribution is 2.62. The molecule has 1 aromatic rings. The fourth-order valence-corrected chi connectivity index (χ4v) is 3.22. The maximum absolute atomic E-state index is 13.3. The largest absolute Gasteiger partial charge is 0.493 e. The first-order chi connectivity index (χ1) is 7.62. The molecular formula is C14H17FO. The number of hydrogen-bond acceptors (Lipinski definition) is 1. The molecule has 86 valence electrons. The molecule has 0 bridgehead atoms. The molecule has 3 rings (SSSR count). The molecule has 1 heterocycles. The van der Waals surface area contributed by atoms with Crippen LogP contribution in [-0.2, 0) is 0 Å². The standard InChI is InChI=1S/C14H17FO/c1-9(2)13-11-7-10(15)3-4-12(11)16-8-14(13)5-6-14/h3-4,7,9,13H,5-6,8H2,1-2H3. The van der Waals surface area contributed by atoms with Gasteiger partial charge in [-0.1, -0.05) is 13.8 Å². The van der Waals surface area contributed by atoms with E-state index in [1.54, 1.807) is 12.1 Å². The molecule has 0 aromatic heterocycles. The highest BCUT2D eigenvalue weighted by molar-refractivity contribution is 5.42. The Morgan fingerprint density at radius 2 is 2.12 bits per heavy atom. The maximum Gasteiger partial charge on any atom is 0.123 e. The fraction of sp³-hybridized carbons (Fsp3) is 0.571. The Morgan fingerprint density at radius 3 is 2.75 bits per heavy atom. The predicted octanol–water partition coefficient (Wildman–Crippen LogP) is 3.74. The minimum Gasteiger partial charge on any atom is -0.493 e. The van der Waals surface area contributed by atoms with E-state index >= 15 is 0 Å². The van der Waals surface area contributed by atoms with Crippen molar-refractivity contribution in [3.8, 4) is 5.75 Å². The van der Waals surface area contributed by atoms with Gasteiger partial charge in [0, 0.05) is 11.0 Å². The van der Waals surface area contributed by atoms with Crippen LogP contribution in [-0.4, -0.2) is 6.61 Å². The van der Waals surface area contributed by atoms with Gasteiger partial charge >= 0.3 is 0 Å². The number of ether oxygens (including phenoxy) is 1. The van der Waals surface area contributed by atoms with Crippen LogP contribution in [0.1, 0.15) is 38.2 Å². The Kier molecular flexibility index (Phi) is 2.04. The molecule has 0 radical (unpaired) electrons. The molecule has 1 nitrogen and oxygen atoms in total. The zero-order valence-corrected chi connectivity index (χ0v) is 9.79. The monoisotopic (exact) mass is 220 g/mol. The van der Waals surface area contributed by atoms with Crippen LogP contribution < -0.4 is 4.74 Å². The molecule has 1 atom stereocenters. The van der Waals surface area contributed by atoms with Gasteiger partial charge in [-0.3, -0.25) is 0 Å². The highest BCUT2D eigenvalue weighted by Gasteiger charge is 2.54. The van der Waals surface area contributed by atoms with Gasteiger partial charge in [0.1, 0.15) is 11.6 Å². The smallest absolute Gasteiger partial charge is 0.123 e. The van der Waals surface area contributed by atoms with Gasteiger partial charge in [0.05, 0.1) is 6.61 Å². The molecule has 2 aliphatic rings. The Labute approximate surface area is 95.6 Å². The summed E-state index contributed by atoms with van der Waals surface area (Å²) < 4.78 is 19.1. The zero-order chi connectivity index (χ0) is 11.3. The number of hydrogen-bond donors (Lipinski definition) is 0. The molecule has 1 aromatic carbocycles. The van der Waals surface area contributed by atoms with E-state index in [2.05, 4.69) is 13.8 Å². The van der Waals surface area contributed by atoms with Crippen LogP contribution in [0.3, 0.4) is 0 Å². The molecular weight excluding hydrogens is 203 g/mol. The summed E-state index contributed by atoms with van der Waals surface area (Å²) in [6.45, 7) is 5.27. The van der Waals surface area contributed by atoms with Gasteiger partial charge < -0.3 is 4.74 Å². The molecule has 1 aliphatic carbocycles. The molecule has 1 aliphatic heterocycles. The van der Waals surface area contributed by atoms with Crippen molar-refractivity contribution in [1.29, 1.82) is 0 Å². The summed E-state index contributed by atoms with van der Waals surface area (Å²) in [5, 5.41) is 0. The first-order valence-electron chi connectivity index (χ1n) is 6.05. The van der Waals surface area contributed by atoms with E-state index in [1.165, 1.54) is 18.9 Å². The quantitative estimate of drug-likeness (QED) is 0.700. The summed E-state index contributed by atoms with van der Waals surface area (Å²) in [6.07, 6.45) is 2.46. The van der Waals surface area contributed by atoms with Crippen molar-refractivity contribution in [2.45, 2.75) is 32.6 Å². The topological polar surface area (TPSA) is 9.23 Å². The molecule has 1 saturated carbocycles. The van der Waals surface area contributed by atoms with Crippen LogP contribution in [0.2, 0.25) is 0 Å². The van der Waals surface area contributed by atoms with E-state index in [0.29, 0.717) is 17.3 Å². The van der Waals surface area contributed by atoms with Crippen molar-refractivity contribution in [3.63, 3.8) is 0 Å². The van der Waals surface area contributed by atoms with E-state index in [9.17, 15) is 4.39 Å². The lowest BCUT2D eigenvalue weighted by Gasteiger charge is -2.36. The zero-order valence-electron chi connectivity index (χ0n) is 9.79. The van der Waals surface area contributed by atoms with Crippen molar-refractivity contribution in [1.82, 2.24) is 0 Å². The van der Waals surface area contributed by atoms with Crippen LogP contribution in [0.25, 0.3) is 0 Å². The lowest BCUT2D eigenvalue weighted by atomic mass is 9.74. The summed E-state index contributed by atoms with van der Waals surface area (Å²) in [5.41, 5.74) is 1.40. The van der Waals surface area contributed by atoms with Crippen molar-refractivity contribution in [3.05, 3.63) is 29.6 Å².